The quantitative estimate of drug-likeness (QED) is 0.191. The summed E-state index contributed by atoms with van der Waals surface area (Å²) >= 11 is 1.41. The van der Waals surface area contributed by atoms with E-state index < -0.39 is 48.1 Å². The summed E-state index contributed by atoms with van der Waals surface area (Å²) in [6, 6.07) is 0. The lowest BCUT2D eigenvalue weighted by molar-refractivity contribution is -0.171. The predicted molar refractivity (Wildman–Crippen MR) is 119 cm³/mol. The third kappa shape index (κ3) is 13.2. The van der Waals surface area contributed by atoms with Crippen LogP contribution < -0.4 is 0 Å². The molecule has 0 fully saturated rings. The first-order valence-electron chi connectivity index (χ1n) is 10.8. The van der Waals surface area contributed by atoms with Crippen molar-refractivity contribution in [2.75, 3.05) is 31.5 Å². The van der Waals surface area contributed by atoms with Crippen molar-refractivity contribution in [1.82, 2.24) is 0 Å². The Morgan fingerprint density at radius 3 is 2.15 bits per heavy atom. The number of hydrogen-bond donors (Lipinski definition) is 1. The number of carbonyl (C=O) groups is 3. The van der Waals surface area contributed by atoms with E-state index >= 15 is 0 Å². The molecule has 33 heavy (non-hydrogen) atoms. The van der Waals surface area contributed by atoms with E-state index in [9.17, 15) is 32.7 Å². The molecule has 0 heterocycles. The number of esters is 2. The molecule has 0 aromatic heterocycles. The standard InChI is InChI=1S/C22H37F3O7S/c1-7-21(6,19(29)31-9-8-22(23,24)25)13-20(4,5)18(28)32-11-17(27)10-30-14-33-12-15(2)16(3)26/h15,17,27H,7-14H2,1-6H3. The Hall–Kier alpha value is -1.33. The summed E-state index contributed by atoms with van der Waals surface area (Å²) in [5.41, 5.74) is -2.32. The average molecular weight is 503 g/mol. The highest BCUT2D eigenvalue weighted by molar-refractivity contribution is 7.99. The Balaban J connectivity index is 4.53. The Morgan fingerprint density at radius 2 is 1.64 bits per heavy atom. The molecule has 0 rings (SSSR count). The fourth-order valence-corrected chi connectivity index (χ4v) is 3.72. The van der Waals surface area contributed by atoms with Crippen molar-refractivity contribution in [2.45, 2.75) is 73.1 Å². The fourth-order valence-electron chi connectivity index (χ4n) is 2.82. The molecule has 0 aromatic carbocycles. The van der Waals surface area contributed by atoms with Crippen LogP contribution in [0.3, 0.4) is 0 Å². The molecule has 1 N–H and O–H groups in total. The van der Waals surface area contributed by atoms with E-state index in [0.717, 1.165) is 0 Å². The van der Waals surface area contributed by atoms with Crippen LogP contribution in [0.2, 0.25) is 0 Å². The van der Waals surface area contributed by atoms with Crippen molar-refractivity contribution in [3.05, 3.63) is 0 Å². The number of ether oxygens (including phenoxy) is 3. The zero-order valence-corrected chi connectivity index (χ0v) is 21.1. The van der Waals surface area contributed by atoms with Gasteiger partial charge in [0.25, 0.3) is 0 Å². The maximum Gasteiger partial charge on any atom is 0.392 e. The number of Topliss-reactive ketones (excluding diaryl/α,β-unsaturated/α-hetero) is 1. The SMILES string of the molecule is CCC(C)(CC(C)(C)C(=O)OCC(O)COCSCC(C)C(C)=O)C(=O)OCCC(F)(F)F. The number of aliphatic hydroxyl groups excluding tert-OH is 1. The maximum absolute atomic E-state index is 12.5. The summed E-state index contributed by atoms with van der Waals surface area (Å²) in [4.78, 5) is 36.1. The Labute approximate surface area is 198 Å². The zero-order chi connectivity index (χ0) is 25.9. The van der Waals surface area contributed by atoms with Crippen LogP contribution in [0, 0.1) is 16.7 Å². The van der Waals surface area contributed by atoms with Gasteiger partial charge in [-0.1, -0.05) is 13.8 Å². The van der Waals surface area contributed by atoms with E-state index in [1.54, 1.807) is 20.8 Å². The first kappa shape index (κ1) is 31.7. The van der Waals surface area contributed by atoms with Crippen molar-refractivity contribution in [3.8, 4) is 0 Å². The van der Waals surface area contributed by atoms with Crippen LogP contribution in [0.15, 0.2) is 0 Å². The molecule has 0 bridgehead atoms. The van der Waals surface area contributed by atoms with Crippen molar-refractivity contribution in [2.24, 2.45) is 16.7 Å². The van der Waals surface area contributed by atoms with Gasteiger partial charge in [-0.25, -0.2) is 0 Å². The monoisotopic (exact) mass is 502 g/mol. The zero-order valence-electron chi connectivity index (χ0n) is 20.3. The number of alkyl halides is 3. The summed E-state index contributed by atoms with van der Waals surface area (Å²) in [6.45, 7) is 8.52. The molecule has 0 amide bonds. The highest BCUT2D eigenvalue weighted by atomic mass is 32.2. The van der Waals surface area contributed by atoms with Gasteiger partial charge in [0.2, 0.25) is 0 Å². The van der Waals surface area contributed by atoms with Crippen LogP contribution in [0.5, 0.6) is 0 Å². The van der Waals surface area contributed by atoms with Crippen molar-refractivity contribution < 1.29 is 46.9 Å². The molecule has 0 radical (unpaired) electrons. The molecule has 0 saturated carbocycles. The van der Waals surface area contributed by atoms with Gasteiger partial charge in [0.05, 0.1) is 36.4 Å². The van der Waals surface area contributed by atoms with Gasteiger partial charge in [0, 0.05) is 11.7 Å². The van der Waals surface area contributed by atoms with Gasteiger partial charge in [0.15, 0.2) is 0 Å². The van der Waals surface area contributed by atoms with Crippen molar-refractivity contribution in [3.63, 3.8) is 0 Å². The van der Waals surface area contributed by atoms with Crippen LogP contribution in [-0.2, 0) is 28.6 Å². The van der Waals surface area contributed by atoms with E-state index in [1.807, 2.05) is 6.92 Å². The van der Waals surface area contributed by atoms with Crippen LogP contribution in [0.1, 0.15) is 60.8 Å². The van der Waals surface area contributed by atoms with E-state index in [0.29, 0.717) is 5.75 Å². The number of halogens is 3. The smallest absolute Gasteiger partial charge is 0.392 e. The van der Waals surface area contributed by atoms with Gasteiger partial charge in [0.1, 0.15) is 18.5 Å². The minimum atomic E-state index is -4.43. The molecule has 7 nitrogen and oxygen atoms in total. The average Bonchev–Trinajstić information content (AvgIpc) is 2.69. The van der Waals surface area contributed by atoms with E-state index in [-0.39, 0.29) is 43.7 Å². The van der Waals surface area contributed by atoms with Gasteiger partial charge >= 0.3 is 18.1 Å². The van der Waals surface area contributed by atoms with E-state index in [4.69, 9.17) is 14.2 Å². The van der Waals surface area contributed by atoms with Crippen LogP contribution in [0.25, 0.3) is 0 Å². The summed E-state index contributed by atoms with van der Waals surface area (Å²) in [7, 11) is 0. The lowest BCUT2D eigenvalue weighted by Crippen LogP contribution is -2.39. The molecule has 0 aliphatic carbocycles. The van der Waals surface area contributed by atoms with E-state index in [1.165, 1.54) is 25.6 Å². The topological polar surface area (TPSA) is 99.1 Å². The lowest BCUT2D eigenvalue weighted by atomic mass is 9.72. The minimum absolute atomic E-state index is 0.00223. The molecule has 0 aliphatic rings. The van der Waals surface area contributed by atoms with Crippen LogP contribution >= 0.6 is 11.8 Å². The lowest BCUT2D eigenvalue weighted by Gasteiger charge is -2.33. The number of thioether (sulfide) groups is 1. The summed E-state index contributed by atoms with van der Waals surface area (Å²) in [5.74, 6) is -0.578. The summed E-state index contributed by atoms with van der Waals surface area (Å²) in [6.07, 6.45) is -6.47. The minimum Gasteiger partial charge on any atom is -0.465 e. The van der Waals surface area contributed by atoms with Crippen LogP contribution in [-0.4, -0.2) is 66.6 Å². The Kier molecular flexibility index (Phi) is 13.6. The van der Waals surface area contributed by atoms with Gasteiger partial charge in [-0.3, -0.25) is 14.4 Å². The Morgan fingerprint density at radius 1 is 1.03 bits per heavy atom. The Bertz CT molecular complexity index is 640. The number of rotatable bonds is 16. The predicted octanol–water partition coefficient (Wildman–Crippen LogP) is 4.15. The van der Waals surface area contributed by atoms with Crippen molar-refractivity contribution >= 4 is 29.5 Å². The second kappa shape index (κ2) is 14.2. The largest absolute Gasteiger partial charge is 0.465 e. The third-order valence-electron chi connectivity index (χ3n) is 5.22. The molecule has 11 heteroatoms. The fraction of sp³-hybridized carbons (Fsp3) is 0.864. The molecule has 0 saturated heterocycles. The first-order chi connectivity index (χ1) is 15.0. The highest BCUT2D eigenvalue weighted by Crippen LogP contribution is 2.38. The molecule has 0 aromatic rings. The van der Waals surface area contributed by atoms with Crippen molar-refractivity contribution in [1.29, 1.82) is 0 Å². The van der Waals surface area contributed by atoms with Gasteiger partial charge in [-0.2, -0.15) is 13.2 Å². The van der Waals surface area contributed by atoms with Crippen LogP contribution in [0.4, 0.5) is 13.2 Å². The second-order valence-electron chi connectivity index (χ2n) is 9.10. The number of carbonyl (C=O) groups excluding carboxylic acids is 3. The molecule has 194 valence electrons. The molecular formula is C22H37F3O7S. The van der Waals surface area contributed by atoms with Gasteiger partial charge < -0.3 is 19.3 Å². The summed E-state index contributed by atoms with van der Waals surface area (Å²) < 4.78 is 52.2. The van der Waals surface area contributed by atoms with Gasteiger partial charge in [-0.15, -0.1) is 11.8 Å². The van der Waals surface area contributed by atoms with Gasteiger partial charge in [-0.05, 0) is 40.5 Å². The number of aliphatic hydroxyl groups is 1. The second-order valence-corrected chi connectivity index (χ2v) is 10.1. The third-order valence-corrected chi connectivity index (χ3v) is 6.29. The molecule has 0 aliphatic heterocycles. The normalized spacial score (nSPS) is 15.9. The molecular weight excluding hydrogens is 465 g/mol. The maximum atomic E-state index is 12.5. The number of hydrogen-bond acceptors (Lipinski definition) is 8. The molecule has 3 atom stereocenters. The first-order valence-corrected chi connectivity index (χ1v) is 11.9. The molecule has 0 spiro atoms. The van der Waals surface area contributed by atoms with E-state index in [2.05, 4.69) is 0 Å². The summed E-state index contributed by atoms with van der Waals surface area (Å²) in [5, 5.41) is 9.96. The number of ketones is 1. The highest BCUT2D eigenvalue weighted by Gasteiger charge is 2.43. The molecule has 3 unspecified atom stereocenters.